The SMILES string of the molecule is C=Cc1c2[n-]c(c1C)/C=c1\[n-]/c(c(C)c1CC)=C\c1[n-]c(c(CCC(=O)O)c1C)/C=C1\[N-]/C(=C\2)[C@](C)(O)[C@@]12CCC(=O)O2.[Fe+4]. The number of ether oxygens (including phenoxy) is 1. The van der Waals surface area contributed by atoms with Crippen molar-refractivity contribution < 1.29 is 41.6 Å². The second kappa shape index (κ2) is 11.2. The number of hydrogen-bond acceptors (Lipinski definition) is 4. The molecule has 2 atom stereocenters. The minimum Gasteiger partial charge on any atom is -0.659 e. The average Bonchev–Trinajstić information content (AvgIpc) is 3.69. The fraction of sp³-hybridized carbons (Fsp3) is 0.353. The van der Waals surface area contributed by atoms with Crippen LogP contribution in [0, 0.1) is 20.8 Å². The maximum atomic E-state index is 12.5. The standard InChI is InChI=1S/C34H34N4O5.Fe/c1-7-20-17(3)23-13-24-19(5)22(9-10-31(39)40)28(37-24)16-30-34(12-11-32(41)43-34)33(6,42)29(38-30)15-27-21(8-2)18(4)25(36-27)14-26(20)35-23;/h8,13-16,42H,2,7,9-12H2,1,3-6H3,(H,39,40);/q-4;+4/b23-13-,26-14-,29-15-,30-16-;/t33-,34+;/m0./s1. The molecule has 6 rings (SSSR count). The number of aliphatic carboxylic acids is 1. The Morgan fingerprint density at radius 1 is 0.955 bits per heavy atom. The number of hydrogen-bond donors (Lipinski definition) is 2. The zero-order valence-electron chi connectivity index (χ0n) is 25.4. The van der Waals surface area contributed by atoms with Crippen LogP contribution in [0.2, 0.25) is 0 Å². The molecule has 2 saturated heterocycles. The van der Waals surface area contributed by atoms with Gasteiger partial charge in [0.1, 0.15) is 11.2 Å². The summed E-state index contributed by atoms with van der Waals surface area (Å²) in [5.74, 6) is -1.34. The maximum absolute atomic E-state index is 12.5. The van der Waals surface area contributed by atoms with E-state index in [0.29, 0.717) is 28.5 Å². The van der Waals surface area contributed by atoms with Crippen molar-refractivity contribution in [3.63, 3.8) is 0 Å². The predicted molar refractivity (Wildman–Crippen MR) is 163 cm³/mol. The van der Waals surface area contributed by atoms with E-state index in [9.17, 15) is 19.8 Å². The number of aromatic nitrogens is 3. The second-order valence-corrected chi connectivity index (χ2v) is 11.7. The Balaban J connectivity index is 0.00000384. The minimum atomic E-state index is -1.67. The molecular weight excluding hydrogens is 600 g/mol. The fourth-order valence-corrected chi connectivity index (χ4v) is 6.60. The van der Waals surface area contributed by atoms with Crippen molar-refractivity contribution in [2.75, 3.05) is 0 Å². The first kappa shape index (κ1) is 31.4. The van der Waals surface area contributed by atoms with Gasteiger partial charge in [0.15, 0.2) is 0 Å². The molecule has 0 aliphatic carbocycles. The molecule has 0 radical (unpaired) electrons. The Kier molecular flexibility index (Phi) is 7.99. The van der Waals surface area contributed by atoms with Crippen molar-refractivity contribution in [2.24, 2.45) is 0 Å². The minimum absolute atomic E-state index is 0. The summed E-state index contributed by atoms with van der Waals surface area (Å²) in [6.07, 6.45) is 10.4. The van der Waals surface area contributed by atoms with Gasteiger partial charge in [-0.25, -0.2) is 0 Å². The van der Waals surface area contributed by atoms with E-state index >= 15 is 0 Å². The third-order valence-electron chi connectivity index (χ3n) is 9.23. The van der Waals surface area contributed by atoms with Crippen LogP contribution in [-0.2, 0) is 44.2 Å². The van der Waals surface area contributed by atoms with Crippen LogP contribution in [0.25, 0.3) is 35.7 Å². The van der Waals surface area contributed by atoms with Crippen LogP contribution in [-0.4, -0.2) is 33.4 Å². The summed E-state index contributed by atoms with van der Waals surface area (Å²) in [5.41, 5.74) is 5.58. The molecule has 0 saturated carbocycles. The molecule has 9 nitrogen and oxygen atoms in total. The Labute approximate surface area is 266 Å². The number of rotatable bonds is 5. The molecule has 3 aromatic heterocycles. The van der Waals surface area contributed by atoms with Gasteiger partial charge in [-0.1, -0.05) is 71.7 Å². The van der Waals surface area contributed by atoms with Crippen molar-refractivity contribution in [1.82, 2.24) is 15.0 Å². The summed E-state index contributed by atoms with van der Waals surface area (Å²) in [7, 11) is 0. The van der Waals surface area contributed by atoms with Gasteiger partial charge in [-0.05, 0) is 46.1 Å². The predicted octanol–water partition coefficient (Wildman–Crippen LogP) is 3.27. The van der Waals surface area contributed by atoms with Gasteiger partial charge < -0.3 is 35.2 Å². The van der Waals surface area contributed by atoms with E-state index in [1.165, 1.54) is 0 Å². The average molecular weight is 635 g/mol. The third-order valence-corrected chi connectivity index (χ3v) is 9.23. The van der Waals surface area contributed by atoms with E-state index in [2.05, 4.69) is 13.5 Å². The van der Waals surface area contributed by atoms with Gasteiger partial charge in [-0.2, -0.15) is 0 Å². The summed E-state index contributed by atoms with van der Waals surface area (Å²) in [6, 6.07) is 0. The third kappa shape index (κ3) is 4.72. The van der Waals surface area contributed by atoms with Crippen molar-refractivity contribution >= 4 is 42.3 Å². The topological polar surface area (TPSA) is 140 Å². The van der Waals surface area contributed by atoms with E-state index in [-0.39, 0.29) is 42.8 Å². The second-order valence-electron chi connectivity index (χ2n) is 11.7. The first-order chi connectivity index (χ1) is 20.4. The van der Waals surface area contributed by atoms with Gasteiger partial charge in [-0.3, -0.25) is 9.59 Å². The first-order valence-electron chi connectivity index (χ1n) is 14.5. The molecule has 3 aliphatic rings. The van der Waals surface area contributed by atoms with E-state index in [4.69, 9.17) is 25.0 Å². The van der Waals surface area contributed by atoms with Crippen molar-refractivity contribution in [1.29, 1.82) is 0 Å². The molecular formula is C34H34FeN4O5. The summed E-state index contributed by atoms with van der Waals surface area (Å²) in [4.78, 5) is 39.0. The van der Waals surface area contributed by atoms with Crippen molar-refractivity contribution in [2.45, 2.75) is 77.9 Å². The fourth-order valence-electron chi connectivity index (χ4n) is 6.60. The monoisotopic (exact) mass is 634 g/mol. The molecule has 0 unspecified atom stereocenters. The molecule has 228 valence electrons. The van der Waals surface area contributed by atoms with Crippen molar-refractivity contribution in [3.05, 3.63) is 90.1 Å². The van der Waals surface area contributed by atoms with Crippen LogP contribution >= 0.6 is 0 Å². The van der Waals surface area contributed by atoms with Crippen LogP contribution in [0.3, 0.4) is 0 Å². The molecule has 44 heavy (non-hydrogen) atoms. The summed E-state index contributed by atoms with van der Waals surface area (Å²) >= 11 is 0. The van der Waals surface area contributed by atoms with Crippen LogP contribution in [0.5, 0.6) is 0 Å². The number of carboxylic acid groups (broad SMARTS) is 1. The Morgan fingerprint density at radius 3 is 2.25 bits per heavy atom. The van der Waals surface area contributed by atoms with E-state index in [0.717, 1.165) is 56.2 Å². The smallest absolute Gasteiger partial charge is 0.659 e. The number of nitrogens with zero attached hydrogens (tertiary/aromatic N) is 4. The van der Waals surface area contributed by atoms with Crippen LogP contribution in [0.15, 0.2) is 18.0 Å². The van der Waals surface area contributed by atoms with Crippen LogP contribution in [0.1, 0.15) is 89.3 Å². The van der Waals surface area contributed by atoms with Gasteiger partial charge in [-0.15, -0.1) is 44.9 Å². The van der Waals surface area contributed by atoms with Crippen LogP contribution in [0.4, 0.5) is 0 Å². The molecule has 6 heterocycles. The van der Waals surface area contributed by atoms with E-state index in [1.54, 1.807) is 25.2 Å². The molecule has 3 aromatic rings. The van der Waals surface area contributed by atoms with Gasteiger partial charge in [0.05, 0.1) is 0 Å². The maximum Gasteiger partial charge on any atom is 4.00 e. The normalized spacial score (nSPS) is 25.8. The number of esters is 1. The Hall–Kier alpha value is -3.98. The van der Waals surface area contributed by atoms with Gasteiger partial charge in [0, 0.05) is 19.3 Å². The van der Waals surface area contributed by atoms with Gasteiger partial charge in [0.2, 0.25) is 0 Å². The van der Waals surface area contributed by atoms with E-state index in [1.807, 2.05) is 32.9 Å². The Bertz CT molecular complexity index is 1900. The Morgan fingerprint density at radius 2 is 1.61 bits per heavy atom. The molecule has 0 aromatic carbocycles. The quantitative estimate of drug-likeness (QED) is 0.322. The number of aliphatic hydroxyl groups is 1. The zero-order chi connectivity index (χ0) is 30.8. The molecule has 2 fully saturated rings. The number of carboxylic acids is 1. The van der Waals surface area contributed by atoms with Crippen molar-refractivity contribution in [3.8, 4) is 0 Å². The summed E-state index contributed by atoms with van der Waals surface area (Å²) < 4.78 is 5.90. The number of fused-ring (bicyclic) bond motifs is 9. The molecule has 2 N–H and O–H groups in total. The number of carbonyl (C=O) groups excluding carboxylic acids is 1. The van der Waals surface area contributed by atoms with Gasteiger partial charge >= 0.3 is 29.0 Å². The first-order valence-corrected chi connectivity index (χ1v) is 14.5. The largest absolute Gasteiger partial charge is 4.00 e. The summed E-state index contributed by atoms with van der Waals surface area (Å²) in [6.45, 7) is 13.7. The summed E-state index contributed by atoms with van der Waals surface area (Å²) in [5, 5.41) is 28.0. The molecule has 8 bridgehead atoms. The molecule has 3 aliphatic heterocycles. The number of carbonyl (C=O) groups is 2. The van der Waals surface area contributed by atoms with E-state index < -0.39 is 23.1 Å². The molecule has 0 amide bonds. The zero-order valence-corrected chi connectivity index (χ0v) is 26.5. The molecule has 10 heteroatoms. The molecule has 1 spiro atoms. The van der Waals surface area contributed by atoms with Crippen LogP contribution < -0.4 is 25.7 Å². The van der Waals surface area contributed by atoms with Gasteiger partial charge in [0.25, 0.3) is 0 Å².